The van der Waals surface area contributed by atoms with Crippen LogP contribution in [0.2, 0.25) is 0 Å². The molecular formula is C42H89N3. The zero-order chi connectivity index (χ0) is 32.6. The molecule has 0 aromatic carbocycles. The smallest absolute Gasteiger partial charge is 0.000664 e. The van der Waals surface area contributed by atoms with Crippen molar-refractivity contribution in [3.63, 3.8) is 0 Å². The summed E-state index contributed by atoms with van der Waals surface area (Å²) in [4.78, 5) is 2.79. The van der Waals surface area contributed by atoms with E-state index in [0.29, 0.717) is 0 Å². The van der Waals surface area contributed by atoms with Gasteiger partial charge in [-0.15, -0.1) is 0 Å². The largest absolute Gasteiger partial charge is 0.330 e. The summed E-state index contributed by atoms with van der Waals surface area (Å²) in [6.07, 6.45) is 48.9. The van der Waals surface area contributed by atoms with E-state index in [0.717, 1.165) is 26.1 Å². The van der Waals surface area contributed by atoms with Crippen LogP contribution in [0.25, 0.3) is 0 Å². The Labute approximate surface area is 286 Å². The highest BCUT2D eigenvalue weighted by atomic mass is 15.1. The first-order chi connectivity index (χ1) is 22.3. The Balaban J connectivity index is 3.72. The van der Waals surface area contributed by atoms with Crippen LogP contribution in [0.5, 0.6) is 0 Å². The Morgan fingerprint density at radius 2 is 0.556 bits per heavy atom. The van der Waals surface area contributed by atoms with Crippen LogP contribution in [0, 0.1) is 0 Å². The predicted octanol–water partition coefficient (Wildman–Crippen LogP) is 13.1. The molecule has 3 N–H and O–H groups in total. The lowest BCUT2D eigenvalue weighted by molar-refractivity contribution is 0.256. The van der Waals surface area contributed by atoms with Crippen molar-refractivity contribution in [2.45, 2.75) is 232 Å². The van der Waals surface area contributed by atoms with Gasteiger partial charge in [-0.1, -0.05) is 206 Å². The molecule has 45 heavy (non-hydrogen) atoms. The van der Waals surface area contributed by atoms with Crippen LogP contribution in [0.15, 0.2) is 0 Å². The van der Waals surface area contributed by atoms with E-state index in [9.17, 15) is 0 Å². The molecule has 0 aliphatic heterocycles. The van der Waals surface area contributed by atoms with Crippen molar-refractivity contribution >= 4 is 0 Å². The Morgan fingerprint density at radius 3 is 0.844 bits per heavy atom. The van der Waals surface area contributed by atoms with Gasteiger partial charge in [0, 0.05) is 0 Å². The molecule has 0 bridgehead atoms. The quantitative estimate of drug-likeness (QED) is 0.0657. The average Bonchev–Trinajstić information content (AvgIpc) is 3.05. The van der Waals surface area contributed by atoms with Crippen molar-refractivity contribution in [3.05, 3.63) is 0 Å². The third kappa shape index (κ3) is 40.0. The zero-order valence-corrected chi connectivity index (χ0v) is 31.8. The first kappa shape index (κ1) is 44.9. The van der Waals surface area contributed by atoms with Gasteiger partial charge in [-0.2, -0.15) is 0 Å². The van der Waals surface area contributed by atoms with Crippen molar-refractivity contribution in [1.82, 2.24) is 10.2 Å². The molecule has 0 fully saturated rings. The summed E-state index contributed by atoms with van der Waals surface area (Å²) >= 11 is 0. The molecule has 0 radical (unpaired) electrons. The topological polar surface area (TPSA) is 41.3 Å². The molecule has 0 spiro atoms. The number of unbranched alkanes of at least 4 members (excludes halogenated alkanes) is 30. The van der Waals surface area contributed by atoms with Crippen molar-refractivity contribution in [3.8, 4) is 0 Å². The zero-order valence-electron chi connectivity index (χ0n) is 31.8. The van der Waals surface area contributed by atoms with Gasteiger partial charge in [0.1, 0.15) is 0 Å². The number of nitrogens with zero attached hydrogens (tertiary/aromatic N) is 1. The molecule has 0 aromatic rings. The van der Waals surface area contributed by atoms with Crippen molar-refractivity contribution in [1.29, 1.82) is 0 Å². The molecule has 0 saturated carbocycles. The molecule has 0 heterocycles. The summed E-state index contributed by atoms with van der Waals surface area (Å²) in [5.74, 6) is 0. The highest BCUT2D eigenvalue weighted by Crippen LogP contribution is 2.16. The van der Waals surface area contributed by atoms with E-state index in [-0.39, 0.29) is 0 Å². The molecule has 0 saturated heterocycles. The molecular weight excluding hydrogens is 546 g/mol. The van der Waals surface area contributed by atoms with Gasteiger partial charge >= 0.3 is 0 Å². The highest BCUT2D eigenvalue weighted by Gasteiger charge is 2.05. The van der Waals surface area contributed by atoms with Crippen LogP contribution in [0.4, 0.5) is 0 Å². The second kappa shape index (κ2) is 41.9. The summed E-state index contributed by atoms with van der Waals surface area (Å²) < 4.78 is 0. The summed E-state index contributed by atoms with van der Waals surface area (Å²) in [5.41, 5.74) is 5.65. The van der Waals surface area contributed by atoms with Crippen molar-refractivity contribution in [2.24, 2.45) is 5.73 Å². The molecule has 272 valence electrons. The molecule has 0 amide bonds. The number of hydrogen-bond donors (Lipinski definition) is 2. The molecule has 0 aliphatic rings. The third-order valence-corrected chi connectivity index (χ3v) is 10.0. The van der Waals surface area contributed by atoms with Gasteiger partial charge < -0.3 is 16.0 Å². The predicted molar refractivity (Wildman–Crippen MR) is 207 cm³/mol. The highest BCUT2D eigenvalue weighted by molar-refractivity contribution is 4.62. The second-order valence-electron chi connectivity index (χ2n) is 14.7. The Bertz CT molecular complexity index is 460. The minimum Gasteiger partial charge on any atom is -0.330 e. The van der Waals surface area contributed by atoms with Gasteiger partial charge in [0.05, 0.1) is 0 Å². The fourth-order valence-electron chi connectivity index (χ4n) is 6.88. The average molecular weight is 636 g/mol. The Kier molecular flexibility index (Phi) is 41.8. The van der Waals surface area contributed by atoms with Gasteiger partial charge in [-0.25, -0.2) is 0 Å². The number of nitrogens with one attached hydrogen (secondary N) is 1. The van der Waals surface area contributed by atoms with E-state index in [1.54, 1.807) is 0 Å². The first-order valence-corrected chi connectivity index (χ1v) is 21.5. The summed E-state index contributed by atoms with van der Waals surface area (Å²) in [6, 6.07) is 0. The SMILES string of the molecule is CCCCCCCCCCCCCCCCCCN(CCCCCCCCCCCCCCCCCC)CCCNCCCN. The third-order valence-electron chi connectivity index (χ3n) is 10.0. The number of rotatable bonds is 41. The maximum absolute atomic E-state index is 5.65. The normalized spacial score (nSPS) is 11.7. The van der Waals surface area contributed by atoms with Gasteiger partial charge in [0.2, 0.25) is 0 Å². The minimum atomic E-state index is 0.803. The lowest BCUT2D eigenvalue weighted by Gasteiger charge is -2.22. The molecule has 0 aromatic heterocycles. The molecule has 0 atom stereocenters. The van der Waals surface area contributed by atoms with E-state index in [1.807, 2.05) is 0 Å². The van der Waals surface area contributed by atoms with Crippen LogP contribution >= 0.6 is 0 Å². The van der Waals surface area contributed by atoms with Gasteiger partial charge in [0.15, 0.2) is 0 Å². The molecule has 0 unspecified atom stereocenters. The van der Waals surface area contributed by atoms with E-state index in [1.165, 1.54) is 232 Å². The maximum atomic E-state index is 5.65. The van der Waals surface area contributed by atoms with Crippen LogP contribution in [0.1, 0.15) is 232 Å². The summed E-state index contributed by atoms with van der Waals surface area (Å²) in [6.45, 7) is 11.6. The Morgan fingerprint density at radius 1 is 0.311 bits per heavy atom. The second-order valence-corrected chi connectivity index (χ2v) is 14.7. The fraction of sp³-hybridized carbons (Fsp3) is 1.00. The maximum Gasteiger partial charge on any atom is -0.000664 e. The summed E-state index contributed by atoms with van der Waals surface area (Å²) in [7, 11) is 0. The van der Waals surface area contributed by atoms with Crippen LogP contribution in [-0.2, 0) is 0 Å². The van der Waals surface area contributed by atoms with Crippen LogP contribution in [0.3, 0.4) is 0 Å². The fourth-order valence-corrected chi connectivity index (χ4v) is 6.88. The van der Waals surface area contributed by atoms with Crippen LogP contribution in [-0.4, -0.2) is 44.2 Å². The lowest BCUT2D eigenvalue weighted by atomic mass is 10.0. The monoisotopic (exact) mass is 636 g/mol. The molecule has 3 heteroatoms. The lowest BCUT2D eigenvalue weighted by Crippen LogP contribution is -2.30. The molecule has 3 nitrogen and oxygen atoms in total. The molecule has 0 rings (SSSR count). The molecule has 0 aliphatic carbocycles. The van der Waals surface area contributed by atoms with Crippen LogP contribution < -0.4 is 11.1 Å². The van der Waals surface area contributed by atoms with Crippen molar-refractivity contribution < 1.29 is 0 Å². The summed E-state index contributed by atoms with van der Waals surface area (Å²) in [5, 5.41) is 3.58. The van der Waals surface area contributed by atoms with Crippen molar-refractivity contribution in [2.75, 3.05) is 39.3 Å². The van der Waals surface area contributed by atoms with Gasteiger partial charge in [-0.3, -0.25) is 0 Å². The number of hydrogen-bond acceptors (Lipinski definition) is 3. The first-order valence-electron chi connectivity index (χ1n) is 21.5. The van der Waals surface area contributed by atoms with Gasteiger partial charge in [-0.05, 0) is 65.0 Å². The standard InChI is InChI=1S/C42H89N3/c1-3-5-7-9-11-13-15-17-19-21-23-25-27-29-31-33-40-45(42-36-39-44-38-35-37-43)41-34-32-30-28-26-24-22-20-18-16-14-12-10-8-6-4-2/h44H,3-43H2,1-2H3. The van der Waals surface area contributed by atoms with E-state index >= 15 is 0 Å². The minimum absolute atomic E-state index is 0.803. The Hall–Kier alpha value is -0.120. The van der Waals surface area contributed by atoms with E-state index < -0.39 is 0 Å². The number of nitrogens with two attached hydrogens (primary N) is 1. The van der Waals surface area contributed by atoms with E-state index in [4.69, 9.17) is 5.73 Å². The van der Waals surface area contributed by atoms with Gasteiger partial charge in [0.25, 0.3) is 0 Å². The van der Waals surface area contributed by atoms with E-state index in [2.05, 4.69) is 24.1 Å².